The molecule has 2 aliphatic rings. The molecule has 0 saturated carbocycles. The molecule has 1 atom stereocenters. The van der Waals surface area contributed by atoms with Crippen molar-refractivity contribution in [1.29, 1.82) is 0 Å². The summed E-state index contributed by atoms with van der Waals surface area (Å²) in [5.74, 6) is 2.49. The van der Waals surface area contributed by atoms with E-state index in [4.69, 9.17) is 14.5 Å². The second-order valence-corrected chi connectivity index (χ2v) is 9.73. The molecule has 3 aromatic carbocycles. The monoisotopic (exact) mass is 467 g/mol. The average molecular weight is 468 g/mol. The van der Waals surface area contributed by atoms with Crippen LogP contribution in [-0.2, 0) is 11.3 Å². The van der Waals surface area contributed by atoms with Gasteiger partial charge in [-0.25, -0.2) is 4.98 Å². The minimum atomic E-state index is 0.00633. The van der Waals surface area contributed by atoms with Gasteiger partial charge < -0.3 is 18.9 Å². The fourth-order valence-electron chi connectivity index (χ4n) is 5.45. The smallest absolute Gasteiger partial charge is 0.231 e. The highest BCUT2D eigenvalue weighted by Crippen LogP contribution is 2.39. The molecule has 1 aromatic heterocycles. The summed E-state index contributed by atoms with van der Waals surface area (Å²) in [5, 5.41) is 0. The van der Waals surface area contributed by atoms with Crippen molar-refractivity contribution in [2.24, 2.45) is 0 Å². The molecule has 1 fully saturated rings. The lowest BCUT2D eigenvalue weighted by Gasteiger charge is -2.20. The van der Waals surface area contributed by atoms with Gasteiger partial charge in [0.2, 0.25) is 12.7 Å². The number of aromatic nitrogens is 2. The molecule has 6 rings (SSSR count). The number of benzene rings is 3. The first-order valence-electron chi connectivity index (χ1n) is 12.1. The van der Waals surface area contributed by atoms with Crippen LogP contribution in [0.4, 0.5) is 5.69 Å². The second-order valence-electron chi connectivity index (χ2n) is 9.73. The highest BCUT2D eigenvalue weighted by atomic mass is 16.7. The third-order valence-electron chi connectivity index (χ3n) is 7.68. The van der Waals surface area contributed by atoms with Crippen molar-refractivity contribution in [2.75, 3.05) is 18.2 Å². The molecule has 0 radical (unpaired) electrons. The average Bonchev–Trinajstić information content (AvgIpc) is 3.56. The van der Waals surface area contributed by atoms with Gasteiger partial charge in [0.25, 0.3) is 0 Å². The van der Waals surface area contributed by atoms with Crippen LogP contribution in [0.15, 0.2) is 48.5 Å². The lowest BCUT2D eigenvalue weighted by atomic mass is 9.94. The Hall–Kier alpha value is -3.80. The van der Waals surface area contributed by atoms with E-state index in [2.05, 4.69) is 56.5 Å². The zero-order valence-electron chi connectivity index (χ0n) is 20.6. The molecule has 1 unspecified atom stereocenters. The van der Waals surface area contributed by atoms with Crippen molar-refractivity contribution < 1.29 is 14.3 Å². The first-order valence-corrected chi connectivity index (χ1v) is 12.1. The number of nitrogens with zero attached hydrogens (tertiary/aromatic N) is 3. The van der Waals surface area contributed by atoms with E-state index in [1.807, 2.05) is 29.2 Å². The molecule has 1 saturated heterocycles. The van der Waals surface area contributed by atoms with Crippen LogP contribution in [0.25, 0.3) is 11.0 Å². The van der Waals surface area contributed by atoms with E-state index >= 15 is 0 Å². The number of hydrogen-bond donors (Lipinski definition) is 0. The number of hydrogen-bond acceptors (Lipinski definition) is 4. The Balaban J connectivity index is 1.40. The van der Waals surface area contributed by atoms with E-state index in [0.29, 0.717) is 18.7 Å². The van der Waals surface area contributed by atoms with Gasteiger partial charge in [-0.15, -0.1) is 0 Å². The summed E-state index contributed by atoms with van der Waals surface area (Å²) in [6, 6.07) is 16.2. The lowest BCUT2D eigenvalue weighted by molar-refractivity contribution is -0.117. The van der Waals surface area contributed by atoms with E-state index in [1.54, 1.807) is 0 Å². The number of rotatable bonds is 4. The molecule has 2 aliphatic heterocycles. The maximum absolute atomic E-state index is 13.2. The molecule has 1 amide bonds. The van der Waals surface area contributed by atoms with Crippen molar-refractivity contribution in [3.63, 3.8) is 0 Å². The van der Waals surface area contributed by atoms with E-state index in [-0.39, 0.29) is 18.6 Å². The van der Waals surface area contributed by atoms with Crippen molar-refractivity contribution in [2.45, 2.75) is 46.6 Å². The van der Waals surface area contributed by atoms with E-state index < -0.39 is 0 Å². The molecular weight excluding hydrogens is 438 g/mol. The van der Waals surface area contributed by atoms with Crippen molar-refractivity contribution in [3.05, 3.63) is 82.2 Å². The van der Waals surface area contributed by atoms with Crippen LogP contribution < -0.4 is 14.4 Å². The molecule has 0 aliphatic carbocycles. The van der Waals surface area contributed by atoms with Crippen LogP contribution in [0.5, 0.6) is 11.5 Å². The van der Waals surface area contributed by atoms with Gasteiger partial charge in [-0.2, -0.15) is 0 Å². The number of anilines is 1. The third-order valence-corrected chi connectivity index (χ3v) is 7.68. The number of amides is 1. The maximum Gasteiger partial charge on any atom is 0.231 e. The number of carbonyl (C=O) groups is 1. The molecule has 4 aromatic rings. The van der Waals surface area contributed by atoms with E-state index in [1.165, 1.54) is 27.8 Å². The van der Waals surface area contributed by atoms with Crippen LogP contribution in [0.2, 0.25) is 0 Å². The molecule has 6 nitrogen and oxygen atoms in total. The van der Waals surface area contributed by atoms with Gasteiger partial charge in [0.15, 0.2) is 11.5 Å². The summed E-state index contributed by atoms with van der Waals surface area (Å²) in [7, 11) is 0. The Kier molecular flexibility index (Phi) is 5.06. The van der Waals surface area contributed by atoms with Gasteiger partial charge in [-0.05, 0) is 79.8 Å². The molecule has 0 N–H and O–H groups in total. The molecule has 3 heterocycles. The number of imidazole rings is 1. The van der Waals surface area contributed by atoms with Gasteiger partial charge in [0, 0.05) is 37.2 Å². The number of fused-ring (bicyclic) bond motifs is 2. The van der Waals surface area contributed by atoms with Gasteiger partial charge in [0.1, 0.15) is 5.82 Å². The summed E-state index contributed by atoms with van der Waals surface area (Å²) in [4.78, 5) is 20.1. The highest BCUT2D eigenvalue weighted by molar-refractivity contribution is 5.97. The molecular formula is C29H29N3O3. The summed E-state index contributed by atoms with van der Waals surface area (Å²) < 4.78 is 13.3. The Labute approximate surface area is 205 Å². The Morgan fingerprint density at radius 1 is 0.943 bits per heavy atom. The summed E-state index contributed by atoms with van der Waals surface area (Å²) >= 11 is 0. The standard InChI is InChI=1S/C29H29N3O3/c1-17-11-18(2)20(4)23(19(17)3)15-32-25-8-6-5-7-24(25)30-29(32)21-12-28(33)31(14-21)22-9-10-26-27(13-22)35-16-34-26/h5-11,13,21H,12,14-16H2,1-4H3. The summed E-state index contributed by atoms with van der Waals surface area (Å²) in [6.07, 6.45) is 0.433. The Morgan fingerprint density at radius 3 is 2.49 bits per heavy atom. The van der Waals surface area contributed by atoms with Gasteiger partial charge in [-0.1, -0.05) is 18.2 Å². The van der Waals surface area contributed by atoms with Crippen molar-refractivity contribution in [1.82, 2.24) is 9.55 Å². The van der Waals surface area contributed by atoms with Crippen molar-refractivity contribution >= 4 is 22.6 Å². The first kappa shape index (κ1) is 21.7. The van der Waals surface area contributed by atoms with Gasteiger partial charge in [-0.3, -0.25) is 4.79 Å². The fourth-order valence-corrected chi connectivity index (χ4v) is 5.45. The largest absolute Gasteiger partial charge is 0.454 e. The van der Waals surface area contributed by atoms with E-state index in [9.17, 15) is 4.79 Å². The Morgan fingerprint density at radius 2 is 1.69 bits per heavy atom. The number of carbonyl (C=O) groups excluding carboxylic acids is 1. The second kappa shape index (κ2) is 8.15. The summed E-state index contributed by atoms with van der Waals surface area (Å²) in [5.41, 5.74) is 9.50. The van der Waals surface area contributed by atoms with Crippen molar-refractivity contribution in [3.8, 4) is 11.5 Å². The zero-order chi connectivity index (χ0) is 24.3. The third kappa shape index (κ3) is 3.55. The van der Waals surface area contributed by atoms with Gasteiger partial charge >= 0.3 is 0 Å². The number of aryl methyl sites for hydroxylation is 2. The van der Waals surface area contributed by atoms with Crippen LogP contribution in [0, 0.1) is 27.7 Å². The minimum Gasteiger partial charge on any atom is -0.454 e. The van der Waals surface area contributed by atoms with Crippen LogP contribution in [0.1, 0.15) is 46.0 Å². The van der Waals surface area contributed by atoms with Crippen LogP contribution in [0.3, 0.4) is 0 Å². The Bertz CT molecular complexity index is 1460. The molecule has 6 heteroatoms. The lowest BCUT2D eigenvalue weighted by Crippen LogP contribution is -2.24. The van der Waals surface area contributed by atoms with Gasteiger partial charge in [0.05, 0.1) is 11.0 Å². The maximum atomic E-state index is 13.2. The number of para-hydroxylation sites is 2. The predicted octanol–water partition coefficient (Wildman–Crippen LogP) is 5.57. The normalized spacial score (nSPS) is 17.1. The minimum absolute atomic E-state index is 0.00633. The molecule has 0 spiro atoms. The van der Waals surface area contributed by atoms with Crippen LogP contribution in [-0.4, -0.2) is 28.8 Å². The topological polar surface area (TPSA) is 56.6 Å². The fraction of sp³-hybridized carbons (Fsp3) is 0.310. The molecule has 178 valence electrons. The summed E-state index contributed by atoms with van der Waals surface area (Å²) in [6.45, 7) is 10.3. The zero-order valence-corrected chi connectivity index (χ0v) is 20.6. The predicted molar refractivity (Wildman–Crippen MR) is 137 cm³/mol. The number of ether oxygens (including phenoxy) is 2. The first-order chi connectivity index (χ1) is 16.9. The molecule has 35 heavy (non-hydrogen) atoms. The molecule has 0 bridgehead atoms. The van der Waals surface area contributed by atoms with E-state index in [0.717, 1.165) is 34.8 Å². The van der Waals surface area contributed by atoms with Crippen LogP contribution >= 0.6 is 0 Å². The SMILES string of the molecule is Cc1cc(C)c(C)c(Cn2c(C3CC(=O)N(c4ccc5c(c4)OCO5)C3)nc3ccccc32)c1C. The highest BCUT2D eigenvalue weighted by Gasteiger charge is 2.35. The quantitative estimate of drug-likeness (QED) is 0.394.